The molecule has 186 valence electrons. The van der Waals surface area contributed by atoms with Crippen LogP contribution < -0.4 is 19.5 Å². The Balaban J connectivity index is 1.52. The summed E-state index contributed by atoms with van der Waals surface area (Å²) in [6.07, 6.45) is 2.40. The summed E-state index contributed by atoms with van der Waals surface area (Å²) in [7, 11) is 4.52. The van der Waals surface area contributed by atoms with E-state index in [9.17, 15) is 4.79 Å². The summed E-state index contributed by atoms with van der Waals surface area (Å²) < 4.78 is 24.0. The maximum atomic E-state index is 13.1. The summed E-state index contributed by atoms with van der Waals surface area (Å²) in [5.41, 5.74) is 1.47. The predicted molar refractivity (Wildman–Crippen MR) is 133 cm³/mol. The molecule has 1 aliphatic rings. The smallest absolute Gasteiger partial charge is 0.255 e. The van der Waals surface area contributed by atoms with Crippen LogP contribution in [0.5, 0.6) is 17.2 Å². The lowest BCUT2D eigenvalue weighted by atomic mass is 10.1. The van der Waals surface area contributed by atoms with Gasteiger partial charge in [0.25, 0.3) is 5.91 Å². The Bertz CT molecular complexity index is 1130. The molecular formula is C25H30N4O5S. The number of ether oxygens (including phenoxy) is 4. The highest BCUT2D eigenvalue weighted by atomic mass is 32.2. The molecule has 35 heavy (non-hydrogen) atoms. The number of carbonyl (C=O) groups is 1. The van der Waals surface area contributed by atoms with E-state index in [2.05, 4.69) is 27.6 Å². The molecule has 0 aliphatic carbocycles. The number of nitrogens with one attached hydrogen (secondary N) is 1. The van der Waals surface area contributed by atoms with Gasteiger partial charge in [0, 0.05) is 12.4 Å². The quantitative estimate of drug-likeness (QED) is 0.401. The minimum atomic E-state index is -0.314. The SMILES string of the molecule is COc1ccc(C(=O)NCc2nnc(SC[C@H]3CCCO3)n2Cc2ccccc2)c(OC)c1OC. The van der Waals surface area contributed by atoms with Gasteiger partial charge >= 0.3 is 0 Å². The second-order valence-electron chi connectivity index (χ2n) is 7.98. The van der Waals surface area contributed by atoms with Crippen molar-refractivity contribution in [2.45, 2.75) is 37.2 Å². The fraction of sp³-hybridized carbons (Fsp3) is 0.400. The van der Waals surface area contributed by atoms with Crippen LogP contribution in [-0.4, -0.2) is 60.5 Å². The van der Waals surface area contributed by atoms with Crippen LogP contribution in [0.4, 0.5) is 0 Å². The first-order valence-corrected chi connectivity index (χ1v) is 12.4. The number of hydrogen-bond acceptors (Lipinski definition) is 8. The number of amides is 1. The lowest BCUT2D eigenvalue weighted by Gasteiger charge is -2.16. The van der Waals surface area contributed by atoms with Crippen LogP contribution in [0.25, 0.3) is 0 Å². The van der Waals surface area contributed by atoms with E-state index in [1.807, 2.05) is 22.8 Å². The summed E-state index contributed by atoms with van der Waals surface area (Å²) in [6, 6.07) is 13.4. The van der Waals surface area contributed by atoms with Gasteiger partial charge in [0.1, 0.15) is 0 Å². The number of rotatable bonds is 11. The molecule has 0 unspecified atom stereocenters. The molecule has 1 N–H and O–H groups in total. The highest BCUT2D eigenvalue weighted by molar-refractivity contribution is 7.99. The number of thioether (sulfide) groups is 1. The fourth-order valence-corrected chi connectivity index (χ4v) is 4.98. The van der Waals surface area contributed by atoms with Crippen molar-refractivity contribution in [1.29, 1.82) is 0 Å². The number of carbonyl (C=O) groups excluding carboxylic acids is 1. The average molecular weight is 499 g/mol. The predicted octanol–water partition coefficient (Wildman–Crippen LogP) is 3.55. The van der Waals surface area contributed by atoms with Crippen molar-refractivity contribution in [3.8, 4) is 17.2 Å². The summed E-state index contributed by atoms with van der Waals surface area (Å²) >= 11 is 1.63. The first kappa shape index (κ1) is 24.9. The van der Waals surface area contributed by atoms with Crippen molar-refractivity contribution in [3.63, 3.8) is 0 Å². The van der Waals surface area contributed by atoms with E-state index in [4.69, 9.17) is 18.9 Å². The van der Waals surface area contributed by atoms with Crippen molar-refractivity contribution >= 4 is 17.7 Å². The zero-order valence-electron chi connectivity index (χ0n) is 20.2. The van der Waals surface area contributed by atoms with Crippen LogP contribution in [0.3, 0.4) is 0 Å². The van der Waals surface area contributed by atoms with Crippen molar-refractivity contribution in [2.24, 2.45) is 0 Å². The minimum Gasteiger partial charge on any atom is -0.493 e. The molecule has 9 nitrogen and oxygen atoms in total. The lowest BCUT2D eigenvalue weighted by molar-refractivity contribution is 0.0945. The Morgan fingerprint density at radius 3 is 2.57 bits per heavy atom. The van der Waals surface area contributed by atoms with Crippen LogP contribution in [-0.2, 0) is 17.8 Å². The Kier molecular flexibility index (Phi) is 8.49. The van der Waals surface area contributed by atoms with Gasteiger partial charge in [-0.1, -0.05) is 42.1 Å². The van der Waals surface area contributed by atoms with Crippen LogP contribution in [0.2, 0.25) is 0 Å². The molecule has 10 heteroatoms. The van der Waals surface area contributed by atoms with Crippen molar-refractivity contribution < 1.29 is 23.7 Å². The largest absolute Gasteiger partial charge is 0.493 e. The average Bonchev–Trinajstić information content (AvgIpc) is 3.55. The molecule has 3 aromatic rings. The summed E-state index contributed by atoms with van der Waals surface area (Å²) in [5.74, 6) is 2.33. The van der Waals surface area contributed by atoms with Crippen LogP contribution in [0, 0.1) is 0 Å². The fourth-order valence-electron chi connectivity index (χ4n) is 3.96. The molecule has 0 radical (unpaired) electrons. The monoisotopic (exact) mass is 498 g/mol. The molecule has 1 amide bonds. The molecule has 0 spiro atoms. The first-order valence-electron chi connectivity index (χ1n) is 11.4. The molecule has 1 saturated heterocycles. The molecule has 1 atom stereocenters. The second-order valence-corrected chi connectivity index (χ2v) is 8.97. The zero-order valence-corrected chi connectivity index (χ0v) is 21.0. The van der Waals surface area contributed by atoms with E-state index in [1.54, 1.807) is 23.9 Å². The van der Waals surface area contributed by atoms with E-state index in [0.29, 0.717) is 35.2 Å². The number of hydrogen-bond donors (Lipinski definition) is 1. The van der Waals surface area contributed by atoms with Gasteiger partial charge < -0.3 is 28.8 Å². The molecule has 1 aliphatic heterocycles. The van der Waals surface area contributed by atoms with Gasteiger partial charge in [-0.2, -0.15) is 0 Å². The second kappa shape index (κ2) is 11.9. The van der Waals surface area contributed by atoms with Gasteiger partial charge in [-0.15, -0.1) is 10.2 Å². The first-order chi connectivity index (χ1) is 17.1. The molecule has 2 heterocycles. The Labute approximate surface area is 209 Å². The standard InChI is InChI=1S/C25H30N4O5S/c1-31-20-12-11-19(22(32-2)23(20)33-3)24(30)26-14-21-27-28-25(35-16-18-10-7-13-34-18)29(21)15-17-8-5-4-6-9-17/h4-6,8-9,11-12,18H,7,10,13-16H2,1-3H3,(H,26,30)/t18-/m1/s1. The van der Waals surface area contributed by atoms with Crippen LogP contribution >= 0.6 is 11.8 Å². The van der Waals surface area contributed by atoms with Gasteiger partial charge in [0.2, 0.25) is 5.75 Å². The van der Waals surface area contributed by atoms with Crippen LogP contribution in [0.1, 0.15) is 34.6 Å². The highest BCUT2D eigenvalue weighted by Gasteiger charge is 2.22. The topological polar surface area (TPSA) is 96.7 Å². The van der Waals surface area contributed by atoms with Gasteiger partial charge in [0.15, 0.2) is 22.5 Å². The highest BCUT2D eigenvalue weighted by Crippen LogP contribution is 2.39. The zero-order chi connectivity index (χ0) is 24.6. The van der Waals surface area contributed by atoms with E-state index < -0.39 is 0 Å². The molecule has 1 aromatic heterocycles. The third-order valence-corrected chi connectivity index (χ3v) is 6.85. The third kappa shape index (κ3) is 5.88. The normalized spacial score (nSPS) is 15.1. The summed E-state index contributed by atoms with van der Waals surface area (Å²) in [4.78, 5) is 13.1. The maximum Gasteiger partial charge on any atom is 0.255 e. The molecule has 0 saturated carbocycles. The molecule has 2 aromatic carbocycles. The lowest BCUT2D eigenvalue weighted by Crippen LogP contribution is -2.25. The van der Waals surface area contributed by atoms with Crippen molar-refractivity contribution in [3.05, 3.63) is 59.4 Å². The minimum absolute atomic E-state index is 0.205. The van der Waals surface area contributed by atoms with Crippen molar-refractivity contribution in [1.82, 2.24) is 20.1 Å². The van der Waals surface area contributed by atoms with E-state index in [-0.39, 0.29) is 18.6 Å². The molecule has 4 rings (SSSR count). The van der Waals surface area contributed by atoms with E-state index in [0.717, 1.165) is 35.9 Å². The summed E-state index contributed by atoms with van der Waals surface area (Å²) in [6.45, 7) is 1.63. The number of aromatic nitrogens is 3. The molecular weight excluding hydrogens is 468 g/mol. The van der Waals surface area contributed by atoms with Crippen LogP contribution in [0.15, 0.2) is 47.6 Å². The van der Waals surface area contributed by atoms with Gasteiger partial charge in [0.05, 0.1) is 46.1 Å². The number of benzene rings is 2. The summed E-state index contributed by atoms with van der Waals surface area (Å²) in [5, 5.41) is 12.5. The van der Waals surface area contributed by atoms with Gasteiger partial charge in [-0.25, -0.2) is 0 Å². The number of methoxy groups -OCH3 is 3. The Hall–Kier alpha value is -3.24. The van der Waals surface area contributed by atoms with Gasteiger partial charge in [-0.3, -0.25) is 4.79 Å². The van der Waals surface area contributed by atoms with E-state index in [1.165, 1.54) is 21.3 Å². The Morgan fingerprint density at radius 1 is 1.09 bits per heavy atom. The van der Waals surface area contributed by atoms with E-state index >= 15 is 0 Å². The third-order valence-electron chi connectivity index (χ3n) is 5.76. The Morgan fingerprint density at radius 2 is 1.89 bits per heavy atom. The molecule has 0 bridgehead atoms. The molecule has 1 fully saturated rings. The maximum absolute atomic E-state index is 13.1. The van der Waals surface area contributed by atoms with Crippen molar-refractivity contribution in [2.75, 3.05) is 33.7 Å². The number of nitrogens with zero attached hydrogens (tertiary/aromatic N) is 3. The van der Waals surface area contributed by atoms with Gasteiger partial charge in [-0.05, 0) is 30.5 Å².